The van der Waals surface area contributed by atoms with Crippen molar-refractivity contribution in [2.24, 2.45) is 5.41 Å². The van der Waals surface area contributed by atoms with E-state index in [0.717, 1.165) is 12.0 Å². The van der Waals surface area contributed by atoms with E-state index in [1.807, 2.05) is 12.1 Å². The fourth-order valence-electron chi connectivity index (χ4n) is 4.44. The van der Waals surface area contributed by atoms with Crippen molar-refractivity contribution in [3.05, 3.63) is 34.9 Å². The second-order valence-corrected chi connectivity index (χ2v) is 7.11. The standard InChI is InChI=1S/C18H22O4/c1-17(2)8-12-10-18(15(19)21-3,16(20)22-4)9-11-6-5-7-13(17)14(11)12/h5-7,12H,8-10H2,1-4H3. The van der Waals surface area contributed by atoms with Crippen LogP contribution in [0.4, 0.5) is 0 Å². The van der Waals surface area contributed by atoms with Gasteiger partial charge in [-0.2, -0.15) is 0 Å². The number of methoxy groups -OCH3 is 2. The van der Waals surface area contributed by atoms with Gasteiger partial charge in [-0.15, -0.1) is 0 Å². The highest BCUT2D eigenvalue weighted by molar-refractivity contribution is 6.01. The third-order valence-electron chi connectivity index (χ3n) is 5.33. The maximum absolute atomic E-state index is 12.4. The maximum Gasteiger partial charge on any atom is 0.323 e. The Hall–Kier alpha value is -1.84. The van der Waals surface area contributed by atoms with Crippen LogP contribution in [-0.4, -0.2) is 26.2 Å². The summed E-state index contributed by atoms with van der Waals surface area (Å²) in [5.41, 5.74) is 2.61. The lowest BCUT2D eigenvalue weighted by molar-refractivity contribution is -0.170. The highest BCUT2D eigenvalue weighted by Crippen LogP contribution is 2.55. The van der Waals surface area contributed by atoms with Crippen LogP contribution in [0.3, 0.4) is 0 Å². The van der Waals surface area contributed by atoms with Crippen molar-refractivity contribution in [3.63, 3.8) is 0 Å². The van der Waals surface area contributed by atoms with Gasteiger partial charge in [-0.3, -0.25) is 9.59 Å². The first-order chi connectivity index (χ1) is 10.4. The van der Waals surface area contributed by atoms with E-state index in [4.69, 9.17) is 9.47 Å². The first-order valence-electron chi connectivity index (χ1n) is 7.65. The van der Waals surface area contributed by atoms with E-state index in [2.05, 4.69) is 19.9 Å². The van der Waals surface area contributed by atoms with Crippen LogP contribution in [0.5, 0.6) is 0 Å². The zero-order valence-corrected chi connectivity index (χ0v) is 13.6. The van der Waals surface area contributed by atoms with Crippen LogP contribution in [0.2, 0.25) is 0 Å². The van der Waals surface area contributed by atoms with Gasteiger partial charge in [0.15, 0.2) is 5.41 Å². The smallest absolute Gasteiger partial charge is 0.323 e. The molecule has 0 fully saturated rings. The van der Waals surface area contributed by atoms with Crippen LogP contribution in [0.25, 0.3) is 0 Å². The molecule has 1 unspecified atom stereocenters. The number of carbonyl (C=O) groups is 2. The number of esters is 2. The van der Waals surface area contributed by atoms with Gasteiger partial charge in [0.2, 0.25) is 0 Å². The molecule has 1 aromatic carbocycles. The normalized spacial score (nSPS) is 23.5. The molecule has 3 rings (SSSR count). The molecule has 0 bridgehead atoms. The number of carbonyl (C=O) groups excluding carboxylic acids is 2. The topological polar surface area (TPSA) is 52.6 Å². The van der Waals surface area contributed by atoms with Crippen molar-refractivity contribution in [2.45, 2.75) is 44.4 Å². The monoisotopic (exact) mass is 302 g/mol. The third-order valence-corrected chi connectivity index (χ3v) is 5.33. The van der Waals surface area contributed by atoms with Crippen molar-refractivity contribution < 1.29 is 19.1 Å². The molecule has 22 heavy (non-hydrogen) atoms. The van der Waals surface area contributed by atoms with Gasteiger partial charge in [-0.05, 0) is 47.3 Å². The van der Waals surface area contributed by atoms with Gasteiger partial charge in [0.1, 0.15) is 0 Å². The molecule has 0 radical (unpaired) electrons. The van der Waals surface area contributed by atoms with Gasteiger partial charge < -0.3 is 9.47 Å². The van der Waals surface area contributed by atoms with Gasteiger partial charge in [-0.25, -0.2) is 0 Å². The number of hydrogen-bond donors (Lipinski definition) is 0. The molecule has 1 aromatic rings. The summed E-state index contributed by atoms with van der Waals surface area (Å²) in [5, 5.41) is 0. The SMILES string of the molecule is COC(=O)C1(C(=O)OC)Cc2cccc3c2C(C1)CC3(C)C. The lowest BCUT2D eigenvalue weighted by atomic mass is 9.67. The Bertz CT molecular complexity index is 628. The van der Waals surface area contributed by atoms with Gasteiger partial charge in [-0.1, -0.05) is 32.0 Å². The fourth-order valence-corrected chi connectivity index (χ4v) is 4.44. The van der Waals surface area contributed by atoms with Gasteiger partial charge in [0, 0.05) is 0 Å². The summed E-state index contributed by atoms with van der Waals surface area (Å²) in [6.07, 6.45) is 1.77. The molecule has 0 heterocycles. The highest BCUT2D eigenvalue weighted by Gasteiger charge is 2.55. The number of benzene rings is 1. The lowest BCUT2D eigenvalue weighted by Crippen LogP contribution is -2.46. The molecule has 118 valence electrons. The molecule has 0 N–H and O–H groups in total. The summed E-state index contributed by atoms with van der Waals surface area (Å²) in [7, 11) is 2.66. The largest absolute Gasteiger partial charge is 0.468 e. The molecule has 0 aliphatic heterocycles. The van der Waals surface area contributed by atoms with E-state index < -0.39 is 17.4 Å². The van der Waals surface area contributed by atoms with E-state index in [-0.39, 0.29) is 11.3 Å². The molecule has 2 aliphatic carbocycles. The molecule has 2 aliphatic rings. The predicted molar refractivity (Wildman–Crippen MR) is 81.6 cm³/mol. The summed E-state index contributed by atoms with van der Waals surface area (Å²) in [6.45, 7) is 4.44. The molecule has 0 aromatic heterocycles. The first-order valence-corrected chi connectivity index (χ1v) is 7.65. The minimum absolute atomic E-state index is 0.0678. The molecule has 0 saturated heterocycles. The Labute approximate surface area is 130 Å². The van der Waals surface area contributed by atoms with E-state index >= 15 is 0 Å². The number of rotatable bonds is 2. The van der Waals surface area contributed by atoms with Crippen LogP contribution >= 0.6 is 0 Å². The molecule has 4 heteroatoms. The van der Waals surface area contributed by atoms with Crippen molar-refractivity contribution in [1.82, 2.24) is 0 Å². The summed E-state index contributed by atoms with van der Waals surface area (Å²) in [6, 6.07) is 6.21. The Balaban J connectivity index is 2.14. The van der Waals surface area contributed by atoms with Gasteiger partial charge >= 0.3 is 11.9 Å². The zero-order chi connectivity index (χ0) is 16.1. The lowest BCUT2D eigenvalue weighted by Gasteiger charge is -2.36. The Morgan fingerprint density at radius 1 is 1.09 bits per heavy atom. The maximum atomic E-state index is 12.4. The third kappa shape index (κ3) is 1.89. The van der Waals surface area contributed by atoms with E-state index in [1.165, 1.54) is 25.3 Å². The molecule has 0 saturated carbocycles. The Morgan fingerprint density at radius 3 is 2.32 bits per heavy atom. The van der Waals surface area contributed by atoms with E-state index in [9.17, 15) is 9.59 Å². The molecule has 0 spiro atoms. The quantitative estimate of drug-likeness (QED) is 0.622. The molecule has 4 nitrogen and oxygen atoms in total. The minimum Gasteiger partial charge on any atom is -0.468 e. The Morgan fingerprint density at radius 2 is 1.73 bits per heavy atom. The minimum atomic E-state index is -1.21. The zero-order valence-electron chi connectivity index (χ0n) is 13.6. The average Bonchev–Trinajstić information content (AvgIpc) is 2.77. The predicted octanol–water partition coefficient (Wildman–Crippen LogP) is 2.73. The van der Waals surface area contributed by atoms with Crippen molar-refractivity contribution in [2.75, 3.05) is 14.2 Å². The van der Waals surface area contributed by atoms with Crippen molar-refractivity contribution in [3.8, 4) is 0 Å². The van der Waals surface area contributed by atoms with Gasteiger partial charge in [0.05, 0.1) is 14.2 Å². The number of ether oxygens (including phenoxy) is 2. The number of hydrogen-bond acceptors (Lipinski definition) is 4. The average molecular weight is 302 g/mol. The van der Waals surface area contributed by atoms with Crippen LogP contribution in [-0.2, 0) is 30.9 Å². The second kappa shape index (κ2) is 4.83. The van der Waals surface area contributed by atoms with E-state index in [1.54, 1.807) is 0 Å². The van der Waals surface area contributed by atoms with Crippen molar-refractivity contribution in [1.29, 1.82) is 0 Å². The van der Waals surface area contributed by atoms with Crippen LogP contribution < -0.4 is 0 Å². The second-order valence-electron chi connectivity index (χ2n) is 7.11. The van der Waals surface area contributed by atoms with E-state index in [0.29, 0.717) is 12.8 Å². The first kappa shape index (κ1) is 15.1. The Kier molecular flexibility index (Phi) is 3.31. The summed E-state index contributed by atoms with van der Waals surface area (Å²) in [5.74, 6) is -0.770. The summed E-state index contributed by atoms with van der Waals surface area (Å²) >= 11 is 0. The highest BCUT2D eigenvalue weighted by atomic mass is 16.5. The summed E-state index contributed by atoms with van der Waals surface area (Å²) < 4.78 is 9.91. The summed E-state index contributed by atoms with van der Waals surface area (Å²) in [4.78, 5) is 24.8. The molecular formula is C18H22O4. The molecular weight excluding hydrogens is 280 g/mol. The molecule has 1 atom stereocenters. The van der Waals surface area contributed by atoms with Gasteiger partial charge in [0.25, 0.3) is 0 Å². The van der Waals surface area contributed by atoms with Crippen LogP contribution in [0.1, 0.15) is 49.3 Å². The van der Waals surface area contributed by atoms with Crippen LogP contribution in [0, 0.1) is 5.41 Å². The van der Waals surface area contributed by atoms with Crippen LogP contribution in [0.15, 0.2) is 18.2 Å². The fraction of sp³-hybridized carbons (Fsp3) is 0.556. The van der Waals surface area contributed by atoms with Crippen molar-refractivity contribution >= 4 is 11.9 Å². The molecule has 0 amide bonds.